The molecule has 234 valence electrons. The topological polar surface area (TPSA) is 0 Å². The summed E-state index contributed by atoms with van der Waals surface area (Å²) in [6.07, 6.45) is 10.3. The summed E-state index contributed by atoms with van der Waals surface area (Å²) >= 11 is 0. The van der Waals surface area contributed by atoms with Crippen LogP contribution in [0, 0.1) is 5.92 Å². The summed E-state index contributed by atoms with van der Waals surface area (Å²) in [6.45, 7) is 20.9. The molecule has 0 saturated carbocycles. The molecule has 0 fully saturated rings. The predicted molar refractivity (Wildman–Crippen MR) is 203 cm³/mol. The molecule has 0 bridgehead atoms. The second kappa shape index (κ2) is 11.2. The Balaban J connectivity index is 1.42. The molecular weight excluding hydrogens is 561 g/mol. The quantitative estimate of drug-likeness (QED) is 0.210. The van der Waals surface area contributed by atoms with E-state index in [-0.39, 0.29) is 10.8 Å². The lowest BCUT2D eigenvalue weighted by molar-refractivity contribution is 0.590. The van der Waals surface area contributed by atoms with Crippen LogP contribution in [0.15, 0.2) is 96.1 Å². The van der Waals surface area contributed by atoms with Gasteiger partial charge in [0.1, 0.15) is 0 Å². The minimum Gasteiger partial charge on any atom is -0.226 e. The summed E-state index contributed by atoms with van der Waals surface area (Å²) in [5.74, 6) is 0.489. The van der Waals surface area contributed by atoms with Crippen molar-refractivity contribution in [3.05, 3.63) is 129 Å². The Labute approximate surface area is 275 Å². The van der Waals surface area contributed by atoms with Gasteiger partial charge in [-0.2, -0.15) is 0 Å². The first-order valence-electron chi connectivity index (χ1n) is 16.7. The van der Waals surface area contributed by atoms with Gasteiger partial charge < -0.3 is 0 Å². The molecule has 0 aromatic heterocycles. The maximum atomic E-state index is 2.61. The molecule has 0 nitrogen and oxygen atoms in total. The first-order chi connectivity index (χ1) is 21.1. The Morgan fingerprint density at radius 2 is 0.978 bits per heavy atom. The molecule has 0 saturated heterocycles. The fourth-order valence-corrected chi connectivity index (χ4v) is 11.9. The van der Waals surface area contributed by atoms with E-state index >= 15 is 0 Å². The molecular formula is C44H52S. The SMILES string of the molecule is CC1=Cc2c(-c3ccc(C(C)(C)C)cc3)cccc2C1S(C)(C)C1C(C(C)C)=Cc2c(-c3ccc(C(C)(C)C)cc3)cccc21. The second-order valence-electron chi connectivity index (χ2n) is 16.2. The van der Waals surface area contributed by atoms with Crippen molar-refractivity contribution in [2.75, 3.05) is 12.5 Å². The van der Waals surface area contributed by atoms with Gasteiger partial charge in [0.05, 0.1) is 0 Å². The molecule has 2 unspecified atom stereocenters. The van der Waals surface area contributed by atoms with Crippen LogP contribution in [0.1, 0.15) is 106 Å². The van der Waals surface area contributed by atoms with Gasteiger partial charge in [-0.3, -0.25) is 0 Å². The number of hydrogen-bond acceptors (Lipinski definition) is 0. The monoisotopic (exact) mass is 612 g/mol. The minimum atomic E-state index is -1.20. The van der Waals surface area contributed by atoms with Crippen molar-refractivity contribution in [1.82, 2.24) is 0 Å². The van der Waals surface area contributed by atoms with Crippen molar-refractivity contribution in [1.29, 1.82) is 0 Å². The van der Waals surface area contributed by atoms with Gasteiger partial charge in [0.25, 0.3) is 0 Å². The third-order valence-electron chi connectivity index (χ3n) is 10.2. The summed E-state index contributed by atoms with van der Waals surface area (Å²) in [4.78, 5) is 0. The van der Waals surface area contributed by atoms with Gasteiger partial charge in [0, 0.05) is 10.5 Å². The maximum absolute atomic E-state index is 2.61. The normalized spacial score (nSPS) is 18.5. The number of hydrogen-bond donors (Lipinski definition) is 0. The first kappa shape index (κ1) is 31.7. The molecule has 0 amide bonds. The summed E-state index contributed by atoms with van der Waals surface area (Å²) in [6, 6.07) is 32.7. The van der Waals surface area contributed by atoms with E-state index in [1.54, 1.807) is 5.57 Å². The fourth-order valence-electron chi connectivity index (χ4n) is 7.81. The molecule has 0 spiro atoms. The van der Waals surface area contributed by atoms with Gasteiger partial charge in [-0.05, 0) is 91.8 Å². The van der Waals surface area contributed by atoms with Crippen molar-refractivity contribution in [3.63, 3.8) is 0 Å². The Morgan fingerprint density at radius 1 is 0.556 bits per heavy atom. The summed E-state index contributed by atoms with van der Waals surface area (Å²) in [5, 5.41) is 0.851. The van der Waals surface area contributed by atoms with E-state index in [9.17, 15) is 0 Å². The molecule has 1 heteroatoms. The molecule has 4 aromatic carbocycles. The van der Waals surface area contributed by atoms with E-state index in [4.69, 9.17) is 0 Å². The molecule has 2 aliphatic rings. The van der Waals surface area contributed by atoms with Gasteiger partial charge in [0.15, 0.2) is 0 Å². The largest absolute Gasteiger partial charge is 0.226 e. The molecule has 6 rings (SSSR count). The van der Waals surface area contributed by atoms with Crippen molar-refractivity contribution in [2.24, 2.45) is 5.92 Å². The second-order valence-corrected chi connectivity index (χ2v) is 20.1. The van der Waals surface area contributed by atoms with E-state index in [2.05, 4.69) is 172 Å². The lowest BCUT2D eigenvalue weighted by atomic mass is 9.86. The van der Waals surface area contributed by atoms with Crippen LogP contribution < -0.4 is 0 Å². The molecule has 2 aliphatic carbocycles. The first-order valence-corrected chi connectivity index (χ1v) is 19.2. The summed E-state index contributed by atoms with van der Waals surface area (Å²) in [7, 11) is -1.20. The Hall–Kier alpha value is -3.29. The highest BCUT2D eigenvalue weighted by Crippen LogP contribution is 2.73. The maximum Gasteiger partial charge on any atom is 0.0366 e. The molecule has 0 aliphatic heterocycles. The van der Waals surface area contributed by atoms with E-state index in [0.29, 0.717) is 16.4 Å². The van der Waals surface area contributed by atoms with Gasteiger partial charge >= 0.3 is 0 Å². The molecule has 0 heterocycles. The van der Waals surface area contributed by atoms with Crippen LogP contribution in [0.25, 0.3) is 34.4 Å². The molecule has 45 heavy (non-hydrogen) atoms. The zero-order chi connectivity index (χ0) is 32.5. The van der Waals surface area contributed by atoms with Gasteiger partial charge in [-0.15, -0.1) is 0 Å². The van der Waals surface area contributed by atoms with E-state index in [0.717, 1.165) is 0 Å². The van der Waals surface area contributed by atoms with E-state index in [1.165, 1.54) is 61.2 Å². The van der Waals surface area contributed by atoms with Crippen LogP contribution in [0.2, 0.25) is 0 Å². The highest BCUT2D eigenvalue weighted by atomic mass is 32.3. The van der Waals surface area contributed by atoms with Crippen LogP contribution in [-0.4, -0.2) is 12.5 Å². The fraction of sp³-hybridized carbons (Fsp3) is 0.364. The van der Waals surface area contributed by atoms with Crippen molar-refractivity contribution < 1.29 is 0 Å². The molecule has 2 atom stereocenters. The predicted octanol–water partition coefficient (Wildman–Crippen LogP) is 12.9. The number of fused-ring (bicyclic) bond motifs is 2. The summed E-state index contributed by atoms with van der Waals surface area (Å²) < 4.78 is 0. The van der Waals surface area contributed by atoms with Gasteiger partial charge in [0.2, 0.25) is 0 Å². The Kier molecular flexibility index (Phi) is 7.89. The third-order valence-corrected chi connectivity index (χ3v) is 13.8. The van der Waals surface area contributed by atoms with Crippen molar-refractivity contribution >= 4 is 22.2 Å². The Morgan fingerprint density at radius 3 is 1.40 bits per heavy atom. The van der Waals surface area contributed by atoms with Crippen LogP contribution in [0.4, 0.5) is 0 Å². The van der Waals surface area contributed by atoms with Crippen LogP contribution in [-0.2, 0) is 10.8 Å². The average molecular weight is 613 g/mol. The summed E-state index contributed by atoms with van der Waals surface area (Å²) in [5.41, 5.74) is 17.4. The molecule has 0 radical (unpaired) electrons. The van der Waals surface area contributed by atoms with E-state index in [1.807, 2.05) is 0 Å². The van der Waals surface area contributed by atoms with Crippen molar-refractivity contribution in [3.8, 4) is 22.3 Å². The molecule has 4 aromatic rings. The van der Waals surface area contributed by atoms with E-state index < -0.39 is 10.0 Å². The van der Waals surface area contributed by atoms with Crippen LogP contribution in [0.3, 0.4) is 0 Å². The molecule has 0 N–H and O–H groups in total. The Bertz CT molecular complexity index is 1800. The number of benzene rings is 4. The van der Waals surface area contributed by atoms with Gasteiger partial charge in [-0.25, -0.2) is 10.0 Å². The van der Waals surface area contributed by atoms with Crippen LogP contribution >= 0.6 is 10.0 Å². The number of rotatable bonds is 5. The zero-order valence-corrected chi connectivity index (χ0v) is 30.2. The van der Waals surface area contributed by atoms with Gasteiger partial charge in [-0.1, -0.05) is 164 Å². The van der Waals surface area contributed by atoms with Crippen LogP contribution in [0.5, 0.6) is 0 Å². The standard InChI is InChI=1S/C44H52S/c1-28(2)38-27-40-35(31-20-24-33(25-21-31)44(7,8)9)15-13-17-37(40)42(38)45(10,11)41-29(3)26-39-34(14-12-16-36(39)41)30-18-22-32(23-19-30)43(4,5)6/h12-28,41-42H,1-11H3. The zero-order valence-electron chi connectivity index (χ0n) is 29.4. The lowest BCUT2D eigenvalue weighted by Gasteiger charge is -2.47. The highest BCUT2D eigenvalue weighted by molar-refractivity contribution is 8.33. The average Bonchev–Trinajstić information content (AvgIpc) is 3.55. The highest BCUT2D eigenvalue weighted by Gasteiger charge is 2.44. The third kappa shape index (κ3) is 5.56. The minimum absolute atomic E-state index is 0.152. The lowest BCUT2D eigenvalue weighted by Crippen LogP contribution is -2.18. The smallest absolute Gasteiger partial charge is 0.0366 e. The van der Waals surface area contributed by atoms with Crippen molar-refractivity contribution in [2.45, 2.75) is 83.6 Å².